The van der Waals surface area contributed by atoms with Crippen LogP contribution in [-0.4, -0.2) is 42.1 Å². The van der Waals surface area contributed by atoms with E-state index in [1.165, 1.54) is 19.3 Å². The number of hydrogen-bond donors (Lipinski definition) is 3. The Labute approximate surface area is 181 Å². The van der Waals surface area contributed by atoms with Crippen LogP contribution in [0.1, 0.15) is 31.4 Å². The van der Waals surface area contributed by atoms with Gasteiger partial charge in [-0.2, -0.15) is 0 Å². The maximum atomic E-state index is 12.6. The largest absolute Gasteiger partial charge is 0.504 e. The molecule has 0 unspecified atom stereocenters. The SMILES string of the molecule is CCO[C@H](CC/C=C/C(=O)O)[C@H](OC(=O)Nc1ccccc1)c1ccc(OC)c(O)c1. The number of ether oxygens (including phenoxy) is 3. The van der Waals surface area contributed by atoms with Crippen molar-refractivity contribution in [2.24, 2.45) is 0 Å². The first-order valence-corrected chi connectivity index (χ1v) is 9.85. The first-order valence-electron chi connectivity index (χ1n) is 9.85. The van der Waals surface area contributed by atoms with Gasteiger partial charge in [-0.1, -0.05) is 30.3 Å². The van der Waals surface area contributed by atoms with Crippen molar-refractivity contribution in [3.8, 4) is 11.5 Å². The Hall–Kier alpha value is -3.52. The van der Waals surface area contributed by atoms with Crippen molar-refractivity contribution >= 4 is 17.7 Å². The standard InChI is InChI=1S/C23H27NO7/c1-3-30-20(11-7-8-12-21(26)27)22(16-13-14-19(29-2)18(25)15-16)31-23(28)24-17-9-5-4-6-10-17/h4-6,8-10,12-15,20,22,25H,3,7,11H2,1-2H3,(H,24,28)(H,26,27)/b12-8+/t20-,22-/m1/s1. The Morgan fingerprint density at radius 1 is 1.16 bits per heavy atom. The summed E-state index contributed by atoms with van der Waals surface area (Å²) in [5.74, 6) is -0.852. The lowest BCUT2D eigenvalue weighted by atomic mass is 9.99. The minimum atomic E-state index is -1.04. The van der Waals surface area contributed by atoms with E-state index >= 15 is 0 Å². The van der Waals surface area contributed by atoms with Crippen LogP contribution < -0.4 is 10.1 Å². The van der Waals surface area contributed by atoms with Gasteiger partial charge in [0.2, 0.25) is 0 Å². The number of phenols is 1. The Kier molecular flexibility index (Phi) is 9.38. The molecule has 2 aromatic carbocycles. The highest BCUT2D eigenvalue weighted by Crippen LogP contribution is 2.34. The van der Waals surface area contributed by atoms with Gasteiger partial charge in [-0.25, -0.2) is 9.59 Å². The van der Waals surface area contributed by atoms with Crippen molar-refractivity contribution in [2.75, 3.05) is 19.0 Å². The van der Waals surface area contributed by atoms with E-state index in [0.29, 0.717) is 30.7 Å². The van der Waals surface area contributed by atoms with E-state index in [4.69, 9.17) is 19.3 Å². The molecule has 0 bridgehead atoms. The Bertz CT molecular complexity index is 883. The Balaban J connectivity index is 2.26. The number of carboxylic acid groups (broad SMARTS) is 1. The van der Waals surface area contributed by atoms with Crippen molar-refractivity contribution < 1.29 is 34.0 Å². The van der Waals surface area contributed by atoms with Gasteiger partial charge in [-0.15, -0.1) is 0 Å². The third kappa shape index (κ3) is 7.67. The lowest BCUT2D eigenvalue weighted by Gasteiger charge is -2.27. The molecule has 1 amide bonds. The molecule has 31 heavy (non-hydrogen) atoms. The normalized spacial score (nSPS) is 12.8. The van der Waals surface area contributed by atoms with Gasteiger partial charge in [-0.3, -0.25) is 5.32 Å². The average molecular weight is 429 g/mol. The molecule has 2 rings (SSSR count). The third-order valence-corrected chi connectivity index (χ3v) is 4.38. The van der Waals surface area contributed by atoms with Crippen molar-refractivity contribution in [2.45, 2.75) is 32.0 Å². The van der Waals surface area contributed by atoms with Gasteiger partial charge in [0.1, 0.15) is 0 Å². The number of hydrogen-bond acceptors (Lipinski definition) is 6. The molecule has 0 fully saturated rings. The van der Waals surface area contributed by atoms with Crippen molar-refractivity contribution in [3.05, 3.63) is 66.2 Å². The zero-order valence-corrected chi connectivity index (χ0v) is 17.5. The minimum absolute atomic E-state index is 0.0990. The van der Waals surface area contributed by atoms with Gasteiger partial charge in [0.25, 0.3) is 0 Å². The van der Waals surface area contributed by atoms with Crippen molar-refractivity contribution in [3.63, 3.8) is 0 Å². The number of benzene rings is 2. The summed E-state index contributed by atoms with van der Waals surface area (Å²) in [7, 11) is 1.44. The molecule has 8 heteroatoms. The number of methoxy groups -OCH3 is 1. The number of para-hydroxylation sites is 1. The van der Waals surface area contributed by atoms with Crippen molar-refractivity contribution in [1.82, 2.24) is 0 Å². The molecule has 8 nitrogen and oxygen atoms in total. The molecule has 166 valence electrons. The second kappa shape index (κ2) is 12.2. The monoisotopic (exact) mass is 429 g/mol. The highest BCUT2D eigenvalue weighted by atomic mass is 16.6. The van der Waals surface area contributed by atoms with E-state index in [9.17, 15) is 14.7 Å². The van der Waals surface area contributed by atoms with Gasteiger partial charge in [0.05, 0.1) is 13.2 Å². The molecule has 0 saturated heterocycles. The lowest BCUT2D eigenvalue weighted by Crippen LogP contribution is -2.29. The van der Waals surface area contributed by atoms with Crippen LogP contribution >= 0.6 is 0 Å². The number of phenolic OH excluding ortho intramolecular Hbond substituents is 1. The molecular weight excluding hydrogens is 402 g/mol. The third-order valence-electron chi connectivity index (χ3n) is 4.38. The summed E-state index contributed by atoms with van der Waals surface area (Å²) in [5, 5.41) is 21.6. The number of carbonyl (C=O) groups is 2. The topological polar surface area (TPSA) is 114 Å². The first-order chi connectivity index (χ1) is 14.9. The summed E-state index contributed by atoms with van der Waals surface area (Å²) >= 11 is 0. The molecular formula is C23H27NO7. The molecule has 0 spiro atoms. The Morgan fingerprint density at radius 2 is 1.90 bits per heavy atom. The predicted octanol–water partition coefficient (Wildman–Crippen LogP) is 4.52. The fourth-order valence-electron chi connectivity index (χ4n) is 3.01. The zero-order valence-electron chi connectivity index (χ0n) is 17.5. The number of amides is 1. The second-order valence-corrected chi connectivity index (χ2v) is 6.56. The molecule has 0 aromatic heterocycles. The molecule has 0 heterocycles. The van der Waals surface area contributed by atoms with Gasteiger partial charge in [0.15, 0.2) is 17.6 Å². The molecule has 0 saturated carbocycles. The van der Waals surface area contributed by atoms with E-state index in [1.54, 1.807) is 36.4 Å². The number of allylic oxidation sites excluding steroid dienone is 1. The van der Waals surface area contributed by atoms with Gasteiger partial charge >= 0.3 is 12.1 Å². The first kappa shape index (κ1) is 23.8. The molecule has 0 aliphatic heterocycles. The van der Waals surface area contributed by atoms with Gasteiger partial charge in [0, 0.05) is 18.4 Å². The smallest absolute Gasteiger partial charge is 0.412 e. The molecule has 2 atom stereocenters. The maximum absolute atomic E-state index is 12.6. The van der Waals surface area contributed by atoms with Crippen LogP contribution in [0, 0.1) is 0 Å². The molecule has 3 N–H and O–H groups in total. The van der Waals surface area contributed by atoms with Crippen LogP contribution in [0.2, 0.25) is 0 Å². The zero-order chi connectivity index (χ0) is 22.6. The summed E-state index contributed by atoms with van der Waals surface area (Å²) in [6, 6.07) is 13.6. The summed E-state index contributed by atoms with van der Waals surface area (Å²) in [6.07, 6.45) is 1.27. The van der Waals surface area contributed by atoms with Crippen LogP contribution in [-0.2, 0) is 14.3 Å². The number of aliphatic carboxylic acids is 1. The number of carbonyl (C=O) groups excluding carboxylic acids is 1. The summed E-state index contributed by atoms with van der Waals surface area (Å²) in [4.78, 5) is 23.3. The highest BCUT2D eigenvalue weighted by molar-refractivity contribution is 5.84. The van der Waals surface area contributed by atoms with E-state index < -0.39 is 24.3 Å². The molecule has 2 aromatic rings. The van der Waals surface area contributed by atoms with E-state index in [0.717, 1.165) is 6.08 Å². The highest BCUT2D eigenvalue weighted by Gasteiger charge is 2.28. The number of carboxylic acids is 1. The Morgan fingerprint density at radius 3 is 2.52 bits per heavy atom. The average Bonchev–Trinajstić information content (AvgIpc) is 2.75. The quantitative estimate of drug-likeness (QED) is 0.450. The van der Waals surface area contributed by atoms with Crippen molar-refractivity contribution in [1.29, 1.82) is 0 Å². The summed E-state index contributed by atoms with van der Waals surface area (Å²) in [5.41, 5.74) is 1.09. The summed E-state index contributed by atoms with van der Waals surface area (Å²) in [6.45, 7) is 2.17. The van der Waals surface area contributed by atoms with Crippen LogP contribution in [0.25, 0.3) is 0 Å². The number of nitrogens with one attached hydrogen (secondary N) is 1. The minimum Gasteiger partial charge on any atom is -0.504 e. The number of rotatable bonds is 11. The fourth-order valence-corrected chi connectivity index (χ4v) is 3.01. The molecule has 0 aliphatic carbocycles. The van der Waals surface area contributed by atoms with E-state index in [2.05, 4.69) is 5.32 Å². The van der Waals surface area contributed by atoms with E-state index in [-0.39, 0.29) is 11.5 Å². The second-order valence-electron chi connectivity index (χ2n) is 6.56. The van der Waals surface area contributed by atoms with Gasteiger partial charge in [-0.05, 0) is 49.6 Å². The maximum Gasteiger partial charge on any atom is 0.412 e. The van der Waals surface area contributed by atoms with Gasteiger partial charge < -0.3 is 24.4 Å². The van der Waals surface area contributed by atoms with Crippen LogP contribution in [0.15, 0.2) is 60.7 Å². The van der Waals surface area contributed by atoms with Crippen LogP contribution in [0.5, 0.6) is 11.5 Å². The molecule has 0 radical (unpaired) electrons. The number of aromatic hydroxyl groups is 1. The van der Waals surface area contributed by atoms with Crippen LogP contribution in [0.3, 0.4) is 0 Å². The molecule has 0 aliphatic rings. The summed E-state index contributed by atoms with van der Waals surface area (Å²) < 4.78 is 16.6. The van der Waals surface area contributed by atoms with Crippen LogP contribution in [0.4, 0.5) is 10.5 Å². The van der Waals surface area contributed by atoms with E-state index in [1.807, 2.05) is 13.0 Å². The number of anilines is 1. The fraction of sp³-hybridized carbons (Fsp3) is 0.304. The lowest BCUT2D eigenvalue weighted by molar-refractivity contribution is -0.131. The predicted molar refractivity (Wildman–Crippen MR) is 115 cm³/mol.